The van der Waals surface area contributed by atoms with E-state index in [4.69, 9.17) is 0 Å². The van der Waals surface area contributed by atoms with Crippen molar-refractivity contribution in [1.82, 2.24) is 15.5 Å². The standard InChI is InChI=1S/C23H36BrN3O4S/c1-4-12(2)15(11-28)27-19(21(30)26-13-8-6-5-7-9-13)23-10-14(24)18(32-23)16(20(29)25-3)17(23)22(27)31/h12-19,28H,4-11H2,1-3H3,(H,25,29)(H,26,30)/t12-,14?,15-,16+,17-,18+,19?,23?/m0/s1. The van der Waals surface area contributed by atoms with Gasteiger partial charge in [0, 0.05) is 23.2 Å². The summed E-state index contributed by atoms with van der Waals surface area (Å²) in [5.74, 6) is -1.35. The molecule has 2 bridgehead atoms. The van der Waals surface area contributed by atoms with Crippen molar-refractivity contribution in [2.45, 2.75) is 91.7 Å². The zero-order valence-corrected chi connectivity index (χ0v) is 21.6. The van der Waals surface area contributed by atoms with Gasteiger partial charge in [0.2, 0.25) is 17.7 Å². The Balaban J connectivity index is 1.74. The lowest BCUT2D eigenvalue weighted by Gasteiger charge is -2.40. The van der Waals surface area contributed by atoms with E-state index in [0.29, 0.717) is 6.42 Å². The number of alkyl halides is 1. The molecular formula is C23H36BrN3O4S. The van der Waals surface area contributed by atoms with Crippen molar-refractivity contribution in [2.75, 3.05) is 13.7 Å². The molecule has 4 fully saturated rings. The minimum atomic E-state index is -0.669. The number of nitrogens with zero attached hydrogens (tertiary/aromatic N) is 1. The fraction of sp³-hybridized carbons (Fsp3) is 0.870. The van der Waals surface area contributed by atoms with Gasteiger partial charge in [-0.05, 0) is 25.2 Å². The largest absolute Gasteiger partial charge is 0.394 e. The number of carbonyl (C=O) groups excluding carboxylic acids is 3. The van der Waals surface area contributed by atoms with Crippen LogP contribution in [0.5, 0.6) is 0 Å². The van der Waals surface area contributed by atoms with E-state index in [1.165, 1.54) is 6.42 Å². The van der Waals surface area contributed by atoms with Crippen LogP contribution in [0.15, 0.2) is 0 Å². The summed E-state index contributed by atoms with van der Waals surface area (Å²) in [7, 11) is 1.61. The van der Waals surface area contributed by atoms with E-state index >= 15 is 0 Å². The van der Waals surface area contributed by atoms with Crippen molar-refractivity contribution in [3.8, 4) is 0 Å². The first-order valence-corrected chi connectivity index (χ1v) is 13.9. The van der Waals surface area contributed by atoms with Crippen LogP contribution in [-0.4, -0.2) is 74.3 Å². The van der Waals surface area contributed by atoms with E-state index in [9.17, 15) is 19.5 Å². The number of carbonyl (C=O) groups is 3. The lowest BCUT2D eigenvalue weighted by atomic mass is 9.70. The summed E-state index contributed by atoms with van der Waals surface area (Å²) in [6.07, 6.45) is 6.81. The Kier molecular flexibility index (Phi) is 7.18. The zero-order valence-electron chi connectivity index (χ0n) is 19.2. The second kappa shape index (κ2) is 9.45. The molecule has 1 saturated carbocycles. The van der Waals surface area contributed by atoms with Crippen molar-refractivity contribution in [1.29, 1.82) is 0 Å². The van der Waals surface area contributed by atoms with Gasteiger partial charge in [0.05, 0.1) is 29.2 Å². The molecule has 3 amide bonds. The number of aliphatic hydroxyl groups is 1. The van der Waals surface area contributed by atoms with Crippen molar-refractivity contribution in [2.24, 2.45) is 17.8 Å². The molecule has 4 aliphatic rings. The molecule has 9 heteroatoms. The van der Waals surface area contributed by atoms with Gasteiger partial charge in [-0.3, -0.25) is 14.4 Å². The van der Waals surface area contributed by atoms with Crippen molar-refractivity contribution >= 4 is 45.4 Å². The third kappa shape index (κ3) is 3.70. The smallest absolute Gasteiger partial charge is 0.244 e. The molecule has 0 radical (unpaired) electrons. The highest BCUT2D eigenvalue weighted by Crippen LogP contribution is 2.68. The fourth-order valence-electron chi connectivity index (χ4n) is 6.53. The van der Waals surface area contributed by atoms with Crippen molar-refractivity contribution in [3.05, 3.63) is 0 Å². The van der Waals surface area contributed by atoms with Crippen LogP contribution < -0.4 is 10.6 Å². The molecule has 7 nitrogen and oxygen atoms in total. The average molecular weight is 531 g/mol. The molecule has 3 saturated heterocycles. The third-order valence-corrected chi connectivity index (χ3v) is 11.5. The molecule has 8 atom stereocenters. The zero-order chi connectivity index (χ0) is 23.2. The number of thioether (sulfide) groups is 1. The Morgan fingerprint density at radius 2 is 1.97 bits per heavy atom. The maximum Gasteiger partial charge on any atom is 0.244 e. The Bertz CT molecular complexity index is 764. The van der Waals surface area contributed by atoms with Crippen LogP contribution in [0, 0.1) is 17.8 Å². The molecule has 3 heterocycles. The summed E-state index contributed by atoms with van der Waals surface area (Å²) in [5, 5.41) is 16.3. The fourth-order valence-corrected chi connectivity index (χ4v) is 10.1. The molecule has 0 aromatic heterocycles. The van der Waals surface area contributed by atoms with Gasteiger partial charge in [-0.1, -0.05) is 55.5 Å². The lowest BCUT2D eigenvalue weighted by Crippen LogP contribution is -2.59. The Hall–Kier alpha value is -0.800. The summed E-state index contributed by atoms with van der Waals surface area (Å²) in [4.78, 5) is 42.5. The van der Waals surface area contributed by atoms with Crippen molar-refractivity contribution < 1.29 is 19.5 Å². The van der Waals surface area contributed by atoms with Gasteiger partial charge >= 0.3 is 0 Å². The summed E-state index contributed by atoms with van der Waals surface area (Å²) >= 11 is 5.41. The molecule has 3 N–H and O–H groups in total. The van der Waals surface area contributed by atoms with Crippen LogP contribution in [0.2, 0.25) is 0 Å². The van der Waals surface area contributed by atoms with Gasteiger partial charge in [0.15, 0.2) is 0 Å². The van der Waals surface area contributed by atoms with Gasteiger partial charge in [-0.25, -0.2) is 0 Å². The first-order chi connectivity index (χ1) is 15.3. The van der Waals surface area contributed by atoms with Crippen LogP contribution in [0.25, 0.3) is 0 Å². The van der Waals surface area contributed by atoms with E-state index in [2.05, 4.69) is 26.6 Å². The molecule has 32 heavy (non-hydrogen) atoms. The molecule has 4 rings (SSSR count). The van der Waals surface area contributed by atoms with Gasteiger partial charge in [-0.2, -0.15) is 0 Å². The minimum absolute atomic E-state index is 0.0350. The van der Waals surface area contributed by atoms with Gasteiger partial charge < -0.3 is 20.6 Å². The highest BCUT2D eigenvalue weighted by Gasteiger charge is 2.76. The molecule has 0 aromatic carbocycles. The minimum Gasteiger partial charge on any atom is -0.394 e. The maximum absolute atomic E-state index is 14.0. The average Bonchev–Trinajstić information content (AvgIpc) is 3.38. The summed E-state index contributed by atoms with van der Waals surface area (Å²) in [5.41, 5.74) is 0. The molecule has 0 aromatic rings. The first-order valence-electron chi connectivity index (χ1n) is 12.1. The number of hydrogen-bond donors (Lipinski definition) is 3. The second-order valence-electron chi connectivity index (χ2n) is 10.0. The van der Waals surface area contributed by atoms with Gasteiger partial charge in [0.25, 0.3) is 0 Å². The van der Waals surface area contributed by atoms with Crippen LogP contribution >= 0.6 is 27.7 Å². The van der Waals surface area contributed by atoms with Crippen molar-refractivity contribution in [3.63, 3.8) is 0 Å². The Morgan fingerprint density at radius 3 is 2.56 bits per heavy atom. The molecule has 180 valence electrons. The molecule has 3 aliphatic heterocycles. The normalized spacial score (nSPS) is 38.5. The van der Waals surface area contributed by atoms with E-state index in [1.54, 1.807) is 23.7 Å². The predicted octanol–water partition coefficient (Wildman–Crippen LogP) is 2.05. The molecule has 3 unspecified atom stereocenters. The second-order valence-corrected chi connectivity index (χ2v) is 12.7. The maximum atomic E-state index is 14.0. The SMILES string of the molecule is CC[C@H](C)[C@H](CO)N1C(=O)[C@@H]2[C@@H](C(=O)NC)[C@@H]3SC2(CC3Br)C1C(=O)NC1CCCCC1. The number of hydrogen-bond acceptors (Lipinski definition) is 5. The van der Waals surface area contributed by atoms with Gasteiger partial charge in [0.1, 0.15) is 6.04 Å². The van der Waals surface area contributed by atoms with Gasteiger partial charge in [-0.15, -0.1) is 11.8 Å². The Morgan fingerprint density at radius 1 is 1.28 bits per heavy atom. The predicted molar refractivity (Wildman–Crippen MR) is 128 cm³/mol. The van der Waals surface area contributed by atoms with E-state index < -0.39 is 28.7 Å². The van der Waals surface area contributed by atoms with Crippen LogP contribution in [0.1, 0.15) is 58.8 Å². The topological polar surface area (TPSA) is 98.7 Å². The Labute approximate surface area is 203 Å². The quantitative estimate of drug-likeness (QED) is 0.438. The number of fused-ring (bicyclic) bond motifs is 1. The number of nitrogens with one attached hydrogen (secondary N) is 2. The first kappa shape index (κ1) is 24.3. The van der Waals surface area contributed by atoms with E-state index in [1.807, 2.05) is 13.8 Å². The number of amides is 3. The number of halogens is 1. The lowest BCUT2D eigenvalue weighted by molar-refractivity contribution is -0.144. The number of likely N-dealkylation sites (tertiary alicyclic amines) is 1. The van der Waals surface area contributed by atoms with Crippen LogP contribution in [0.3, 0.4) is 0 Å². The highest BCUT2D eigenvalue weighted by molar-refractivity contribution is 9.09. The van der Waals surface area contributed by atoms with Crippen LogP contribution in [-0.2, 0) is 14.4 Å². The number of rotatable bonds is 7. The van der Waals surface area contributed by atoms with E-state index in [0.717, 1.165) is 32.1 Å². The molecule has 1 aliphatic carbocycles. The molecule has 1 spiro atoms. The monoisotopic (exact) mass is 529 g/mol. The summed E-state index contributed by atoms with van der Waals surface area (Å²) in [6.45, 7) is 3.86. The highest BCUT2D eigenvalue weighted by atomic mass is 79.9. The third-order valence-electron chi connectivity index (χ3n) is 8.32. The van der Waals surface area contributed by atoms with Crippen LogP contribution in [0.4, 0.5) is 0 Å². The molecular weight excluding hydrogens is 494 g/mol. The van der Waals surface area contributed by atoms with E-state index in [-0.39, 0.29) is 46.4 Å². The summed E-state index contributed by atoms with van der Waals surface area (Å²) < 4.78 is -0.646. The number of aliphatic hydroxyl groups excluding tert-OH is 1. The summed E-state index contributed by atoms with van der Waals surface area (Å²) in [6, 6.07) is -0.968.